The Kier molecular flexibility index (Phi) is 4.33. The number of rotatable bonds is 5. The molecular weight excluding hydrogens is 344 g/mol. The first kappa shape index (κ1) is 16.8. The lowest BCUT2D eigenvalue weighted by atomic mass is 10.1. The van der Waals surface area contributed by atoms with Crippen molar-refractivity contribution in [3.05, 3.63) is 71.5 Å². The molecule has 7 heteroatoms. The molecule has 0 unspecified atom stereocenters. The van der Waals surface area contributed by atoms with Gasteiger partial charge < -0.3 is 19.6 Å². The van der Waals surface area contributed by atoms with Crippen LogP contribution >= 0.6 is 0 Å². The smallest absolute Gasteiger partial charge is 0.272 e. The fourth-order valence-corrected chi connectivity index (χ4v) is 2.92. The number of anilines is 1. The lowest BCUT2D eigenvalue weighted by molar-refractivity contribution is 0.102. The molecule has 0 aliphatic heterocycles. The summed E-state index contributed by atoms with van der Waals surface area (Å²) in [4.78, 5) is 20.1. The van der Waals surface area contributed by atoms with Crippen molar-refractivity contribution in [2.75, 3.05) is 12.4 Å². The second-order valence-corrected chi connectivity index (χ2v) is 6.16. The van der Waals surface area contributed by atoms with E-state index in [0.29, 0.717) is 29.5 Å². The summed E-state index contributed by atoms with van der Waals surface area (Å²) in [6.07, 6.45) is 0.446. The monoisotopic (exact) mass is 362 g/mol. The zero-order chi connectivity index (χ0) is 18.8. The number of amides is 1. The molecule has 0 radical (unpaired) electrons. The first-order chi connectivity index (χ1) is 13.1. The molecule has 2 heterocycles. The molecule has 27 heavy (non-hydrogen) atoms. The fourth-order valence-electron chi connectivity index (χ4n) is 2.92. The number of benzene rings is 2. The van der Waals surface area contributed by atoms with Gasteiger partial charge in [-0.2, -0.15) is 4.98 Å². The lowest BCUT2D eigenvalue weighted by Gasteiger charge is -2.09. The average Bonchev–Trinajstić information content (AvgIpc) is 3.28. The van der Waals surface area contributed by atoms with Crippen LogP contribution < -0.4 is 10.1 Å². The highest BCUT2D eigenvalue weighted by molar-refractivity contribution is 6.06. The van der Waals surface area contributed by atoms with E-state index in [1.807, 2.05) is 48.5 Å². The number of hydrogen-bond donors (Lipinski definition) is 2. The second-order valence-electron chi connectivity index (χ2n) is 6.16. The van der Waals surface area contributed by atoms with Gasteiger partial charge in [-0.15, -0.1) is 0 Å². The van der Waals surface area contributed by atoms with Crippen LogP contribution in [-0.2, 0) is 6.42 Å². The number of ether oxygens (including phenoxy) is 1. The molecule has 0 saturated heterocycles. The number of aromatic nitrogens is 3. The molecule has 136 valence electrons. The summed E-state index contributed by atoms with van der Waals surface area (Å²) < 4.78 is 10.4. The van der Waals surface area contributed by atoms with Crippen LogP contribution in [0.3, 0.4) is 0 Å². The summed E-state index contributed by atoms with van der Waals surface area (Å²) in [6.45, 7) is 1.77. The highest BCUT2D eigenvalue weighted by atomic mass is 16.5. The molecule has 2 N–H and O–H groups in total. The number of nitrogens with zero attached hydrogens (tertiary/aromatic N) is 2. The average molecular weight is 362 g/mol. The Bertz CT molecular complexity index is 1110. The van der Waals surface area contributed by atoms with Crippen LogP contribution in [0.1, 0.15) is 27.8 Å². The number of H-pyrrole nitrogens is 1. The minimum atomic E-state index is -0.223. The van der Waals surface area contributed by atoms with Crippen molar-refractivity contribution in [1.29, 1.82) is 0 Å². The Morgan fingerprint density at radius 2 is 2.07 bits per heavy atom. The van der Waals surface area contributed by atoms with Gasteiger partial charge in [0, 0.05) is 22.7 Å². The maximum Gasteiger partial charge on any atom is 0.272 e. The van der Waals surface area contributed by atoms with Gasteiger partial charge in [0.1, 0.15) is 11.4 Å². The molecule has 0 aliphatic carbocycles. The minimum Gasteiger partial charge on any atom is -0.497 e. The van der Waals surface area contributed by atoms with E-state index in [0.717, 1.165) is 22.2 Å². The molecule has 4 rings (SSSR count). The van der Waals surface area contributed by atoms with Crippen LogP contribution in [0.4, 0.5) is 5.69 Å². The van der Waals surface area contributed by atoms with Crippen molar-refractivity contribution in [2.45, 2.75) is 13.3 Å². The predicted octanol–water partition coefficient (Wildman–Crippen LogP) is 3.71. The van der Waals surface area contributed by atoms with Crippen molar-refractivity contribution in [2.24, 2.45) is 0 Å². The van der Waals surface area contributed by atoms with Crippen LogP contribution in [-0.4, -0.2) is 28.1 Å². The van der Waals surface area contributed by atoms with E-state index in [4.69, 9.17) is 9.26 Å². The Balaban J connectivity index is 1.58. The fraction of sp³-hybridized carbons (Fsp3) is 0.150. The van der Waals surface area contributed by atoms with Crippen LogP contribution in [0.2, 0.25) is 0 Å². The molecule has 7 nitrogen and oxygen atoms in total. The van der Waals surface area contributed by atoms with Gasteiger partial charge in [0.25, 0.3) is 5.91 Å². The van der Waals surface area contributed by atoms with Gasteiger partial charge >= 0.3 is 0 Å². The zero-order valence-electron chi connectivity index (χ0n) is 14.9. The van der Waals surface area contributed by atoms with E-state index >= 15 is 0 Å². The number of para-hydroxylation sites is 1. The summed E-state index contributed by atoms with van der Waals surface area (Å²) in [5.74, 6) is 1.60. The topological polar surface area (TPSA) is 93.0 Å². The number of carbonyl (C=O) groups is 1. The molecule has 2 aromatic heterocycles. The van der Waals surface area contributed by atoms with Gasteiger partial charge in [-0.1, -0.05) is 23.4 Å². The molecule has 0 atom stereocenters. The summed E-state index contributed by atoms with van der Waals surface area (Å²) in [7, 11) is 1.61. The first-order valence-electron chi connectivity index (χ1n) is 8.47. The summed E-state index contributed by atoms with van der Waals surface area (Å²) >= 11 is 0. The van der Waals surface area contributed by atoms with Gasteiger partial charge in [-0.25, -0.2) is 0 Å². The predicted molar refractivity (Wildman–Crippen MR) is 101 cm³/mol. The largest absolute Gasteiger partial charge is 0.497 e. The SMILES string of the molecule is COc1ccc2cc(C(=O)Nc3ccccc3Cc3nc(C)no3)[nH]c2c1. The molecule has 0 aliphatic rings. The third-order valence-electron chi connectivity index (χ3n) is 4.25. The van der Waals surface area contributed by atoms with Gasteiger partial charge in [0.15, 0.2) is 5.82 Å². The highest BCUT2D eigenvalue weighted by Crippen LogP contribution is 2.23. The molecule has 0 bridgehead atoms. The number of methoxy groups -OCH3 is 1. The van der Waals surface area contributed by atoms with E-state index < -0.39 is 0 Å². The van der Waals surface area contributed by atoms with E-state index in [1.54, 1.807) is 14.0 Å². The number of aromatic amines is 1. The Hall–Kier alpha value is -3.61. The lowest BCUT2D eigenvalue weighted by Crippen LogP contribution is -2.13. The van der Waals surface area contributed by atoms with E-state index in [1.165, 1.54) is 0 Å². The maximum absolute atomic E-state index is 12.7. The van der Waals surface area contributed by atoms with Crippen LogP contribution in [0.25, 0.3) is 10.9 Å². The molecular formula is C20H18N4O3. The Morgan fingerprint density at radius 1 is 1.22 bits per heavy atom. The number of nitrogens with one attached hydrogen (secondary N) is 2. The van der Waals surface area contributed by atoms with Crippen LogP contribution in [0.15, 0.2) is 53.1 Å². The minimum absolute atomic E-state index is 0.223. The molecule has 0 fully saturated rings. The second kappa shape index (κ2) is 6.95. The van der Waals surface area contributed by atoms with E-state index in [-0.39, 0.29) is 5.91 Å². The highest BCUT2D eigenvalue weighted by Gasteiger charge is 2.14. The van der Waals surface area contributed by atoms with E-state index in [9.17, 15) is 4.79 Å². The van der Waals surface area contributed by atoms with Crippen molar-refractivity contribution >= 4 is 22.5 Å². The Labute approximate surface area is 155 Å². The molecule has 0 spiro atoms. The van der Waals surface area contributed by atoms with E-state index in [2.05, 4.69) is 20.4 Å². The number of hydrogen-bond acceptors (Lipinski definition) is 5. The van der Waals surface area contributed by atoms with Gasteiger partial charge in [0.05, 0.1) is 13.5 Å². The molecule has 0 saturated carbocycles. The van der Waals surface area contributed by atoms with Gasteiger partial charge in [-0.3, -0.25) is 4.79 Å². The number of aryl methyl sites for hydroxylation is 1. The normalized spacial score (nSPS) is 10.9. The third kappa shape index (κ3) is 3.52. The van der Waals surface area contributed by atoms with Crippen molar-refractivity contribution in [3.63, 3.8) is 0 Å². The first-order valence-corrected chi connectivity index (χ1v) is 8.47. The Morgan fingerprint density at radius 3 is 2.85 bits per heavy atom. The number of carbonyl (C=O) groups excluding carboxylic acids is 1. The van der Waals surface area contributed by atoms with Crippen molar-refractivity contribution in [1.82, 2.24) is 15.1 Å². The van der Waals surface area contributed by atoms with Crippen LogP contribution in [0.5, 0.6) is 5.75 Å². The molecule has 2 aromatic carbocycles. The van der Waals surface area contributed by atoms with Gasteiger partial charge in [0.2, 0.25) is 5.89 Å². The summed E-state index contributed by atoms with van der Waals surface area (Å²) in [5.41, 5.74) is 2.91. The third-order valence-corrected chi connectivity index (χ3v) is 4.25. The van der Waals surface area contributed by atoms with Crippen molar-refractivity contribution < 1.29 is 14.1 Å². The number of fused-ring (bicyclic) bond motifs is 1. The quantitative estimate of drug-likeness (QED) is 0.564. The maximum atomic E-state index is 12.7. The summed E-state index contributed by atoms with van der Waals surface area (Å²) in [6, 6.07) is 15.0. The summed E-state index contributed by atoms with van der Waals surface area (Å²) in [5, 5.41) is 7.69. The van der Waals surface area contributed by atoms with Crippen molar-refractivity contribution in [3.8, 4) is 5.75 Å². The molecule has 4 aromatic rings. The van der Waals surface area contributed by atoms with Gasteiger partial charge in [-0.05, 0) is 36.8 Å². The molecule has 1 amide bonds. The van der Waals surface area contributed by atoms with Crippen LogP contribution in [0, 0.1) is 6.92 Å². The zero-order valence-corrected chi connectivity index (χ0v) is 14.9. The standard InChI is InChI=1S/C20H18N4O3/c1-12-21-19(27-24-12)10-13-5-3-4-6-16(13)23-20(25)18-9-14-7-8-15(26-2)11-17(14)22-18/h3-9,11,22H,10H2,1-2H3,(H,23,25).